The molecule has 0 bridgehead atoms. The number of benzene rings is 2. The van der Waals surface area contributed by atoms with Crippen molar-refractivity contribution in [2.24, 2.45) is 0 Å². The summed E-state index contributed by atoms with van der Waals surface area (Å²) in [5.74, 6) is -0.150. The van der Waals surface area contributed by atoms with Gasteiger partial charge in [-0.05, 0) is 31.2 Å². The van der Waals surface area contributed by atoms with E-state index in [0.29, 0.717) is 16.7 Å². The highest BCUT2D eigenvalue weighted by molar-refractivity contribution is 7.13. The second-order valence-electron chi connectivity index (χ2n) is 6.08. The number of rotatable bonds is 4. The molecule has 3 N–H and O–H groups in total. The molecule has 0 aliphatic carbocycles. The van der Waals surface area contributed by atoms with Crippen LogP contribution in [0.15, 0.2) is 52.6 Å². The van der Waals surface area contributed by atoms with Crippen LogP contribution in [-0.2, 0) is 11.2 Å². The number of thiazole rings is 1. The average Bonchev–Trinajstić information content (AvgIpc) is 3.20. The van der Waals surface area contributed by atoms with Crippen LogP contribution in [0.3, 0.4) is 0 Å². The maximum Gasteiger partial charge on any atom is 0.323 e. The van der Waals surface area contributed by atoms with Crippen LogP contribution >= 0.6 is 11.3 Å². The molecule has 2 aromatic carbocycles. The molecule has 0 saturated carbocycles. The van der Waals surface area contributed by atoms with Gasteiger partial charge < -0.3 is 15.3 Å². The summed E-state index contributed by atoms with van der Waals surface area (Å²) in [4.78, 5) is 33.5. The fraction of sp³-hybridized carbons (Fsp3) is 0.105. The Morgan fingerprint density at radius 2 is 2.00 bits per heavy atom. The summed E-state index contributed by atoms with van der Waals surface area (Å²) in [5, 5.41) is 5.65. The molecule has 0 atom stereocenters. The number of imidazole rings is 1. The Balaban J connectivity index is 1.46. The summed E-state index contributed by atoms with van der Waals surface area (Å²) in [7, 11) is 0. The van der Waals surface area contributed by atoms with Crippen molar-refractivity contribution in [1.82, 2.24) is 15.0 Å². The summed E-state index contributed by atoms with van der Waals surface area (Å²) in [5.41, 5.74) is 4.69. The number of fused-ring (bicyclic) bond motifs is 1. The number of carbonyl (C=O) groups excluding carboxylic acids is 1. The second kappa shape index (κ2) is 6.61. The van der Waals surface area contributed by atoms with E-state index in [0.717, 1.165) is 16.3 Å². The van der Waals surface area contributed by atoms with Gasteiger partial charge in [0.05, 0.1) is 23.1 Å². The van der Waals surface area contributed by atoms with E-state index in [-0.39, 0.29) is 18.0 Å². The van der Waals surface area contributed by atoms with E-state index in [2.05, 4.69) is 26.3 Å². The van der Waals surface area contributed by atoms with Crippen molar-refractivity contribution < 1.29 is 4.79 Å². The number of anilines is 1. The molecule has 7 heteroatoms. The zero-order chi connectivity index (χ0) is 18.1. The quantitative estimate of drug-likeness (QED) is 0.518. The Labute approximate surface area is 152 Å². The van der Waals surface area contributed by atoms with Gasteiger partial charge in [-0.15, -0.1) is 11.3 Å². The van der Waals surface area contributed by atoms with Crippen molar-refractivity contribution in [3.63, 3.8) is 0 Å². The minimum absolute atomic E-state index is 0.150. The molecule has 26 heavy (non-hydrogen) atoms. The van der Waals surface area contributed by atoms with Gasteiger partial charge in [0.1, 0.15) is 5.01 Å². The number of amides is 1. The lowest BCUT2D eigenvalue weighted by Gasteiger charge is -2.04. The Morgan fingerprint density at radius 3 is 2.85 bits per heavy atom. The summed E-state index contributed by atoms with van der Waals surface area (Å²) in [6, 6.07) is 13.4. The highest BCUT2D eigenvalue weighted by atomic mass is 32.1. The highest BCUT2D eigenvalue weighted by Gasteiger charge is 2.10. The van der Waals surface area contributed by atoms with Crippen molar-refractivity contribution in [2.75, 3.05) is 5.32 Å². The van der Waals surface area contributed by atoms with Crippen LogP contribution in [0.2, 0.25) is 0 Å². The first kappa shape index (κ1) is 16.3. The third-order valence-electron chi connectivity index (χ3n) is 3.96. The fourth-order valence-electron chi connectivity index (χ4n) is 2.78. The molecule has 0 fully saturated rings. The van der Waals surface area contributed by atoms with E-state index in [1.807, 2.05) is 30.5 Å². The number of aryl methyl sites for hydroxylation is 1. The molecule has 2 heterocycles. The van der Waals surface area contributed by atoms with E-state index >= 15 is 0 Å². The van der Waals surface area contributed by atoms with Crippen LogP contribution in [-0.4, -0.2) is 20.9 Å². The lowest BCUT2D eigenvalue weighted by Crippen LogP contribution is -2.14. The third-order valence-corrected chi connectivity index (χ3v) is 4.90. The molecule has 130 valence electrons. The standard InChI is InChI=1S/C19H16N4O2S/c1-11-3-2-4-12(7-11)18-21-14(10-26-18)9-17(24)20-13-5-6-15-16(8-13)23-19(25)22-15/h2-8,10H,9H2,1H3,(H,20,24)(H2,22,23,25). The lowest BCUT2D eigenvalue weighted by molar-refractivity contribution is -0.115. The first-order valence-corrected chi connectivity index (χ1v) is 8.98. The van der Waals surface area contributed by atoms with Gasteiger partial charge in [0, 0.05) is 16.6 Å². The maximum atomic E-state index is 12.3. The maximum absolute atomic E-state index is 12.3. The number of nitrogens with zero attached hydrogens (tertiary/aromatic N) is 1. The molecule has 6 nitrogen and oxygen atoms in total. The first-order chi connectivity index (χ1) is 12.6. The van der Waals surface area contributed by atoms with E-state index in [1.165, 1.54) is 16.9 Å². The van der Waals surface area contributed by atoms with E-state index in [1.54, 1.807) is 18.2 Å². The molecule has 0 aliphatic rings. The normalized spacial score (nSPS) is 11.0. The summed E-state index contributed by atoms with van der Waals surface area (Å²) < 4.78 is 0. The van der Waals surface area contributed by atoms with Crippen molar-refractivity contribution >= 4 is 34.0 Å². The Hall–Kier alpha value is -3.19. The number of carbonyl (C=O) groups is 1. The smallest absolute Gasteiger partial charge is 0.323 e. The molecule has 0 radical (unpaired) electrons. The van der Waals surface area contributed by atoms with E-state index in [9.17, 15) is 9.59 Å². The SMILES string of the molecule is Cc1cccc(-c2nc(CC(=O)Nc3ccc4[nH]c(=O)[nH]c4c3)cs2)c1. The Bertz CT molecular complexity index is 1160. The Morgan fingerprint density at radius 1 is 1.15 bits per heavy atom. The van der Waals surface area contributed by atoms with Gasteiger partial charge in [0.15, 0.2) is 0 Å². The van der Waals surface area contributed by atoms with E-state index in [4.69, 9.17) is 0 Å². The molecule has 1 amide bonds. The lowest BCUT2D eigenvalue weighted by atomic mass is 10.1. The molecule has 4 aromatic rings. The second-order valence-corrected chi connectivity index (χ2v) is 6.94. The molecule has 0 unspecified atom stereocenters. The van der Waals surface area contributed by atoms with Crippen LogP contribution in [0, 0.1) is 6.92 Å². The van der Waals surface area contributed by atoms with Gasteiger partial charge in [0.2, 0.25) is 5.91 Å². The minimum Gasteiger partial charge on any atom is -0.326 e. The predicted molar refractivity (Wildman–Crippen MR) is 104 cm³/mol. The van der Waals surface area contributed by atoms with Crippen molar-refractivity contribution in [2.45, 2.75) is 13.3 Å². The predicted octanol–water partition coefficient (Wildman–Crippen LogP) is 3.47. The van der Waals surface area contributed by atoms with Crippen LogP contribution in [0.5, 0.6) is 0 Å². The highest BCUT2D eigenvalue weighted by Crippen LogP contribution is 2.24. The topological polar surface area (TPSA) is 90.6 Å². The number of hydrogen-bond acceptors (Lipinski definition) is 4. The number of hydrogen-bond donors (Lipinski definition) is 3. The number of H-pyrrole nitrogens is 2. The van der Waals surface area contributed by atoms with Gasteiger partial charge in [-0.1, -0.05) is 23.8 Å². The largest absolute Gasteiger partial charge is 0.326 e. The summed E-state index contributed by atoms with van der Waals surface area (Å²) in [6.45, 7) is 2.04. The van der Waals surface area contributed by atoms with Gasteiger partial charge in [-0.3, -0.25) is 4.79 Å². The number of nitrogens with one attached hydrogen (secondary N) is 3. The molecule has 2 aromatic heterocycles. The number of aromatic nitrogens is 3. The molecule has 0 spiro atoms. The van der Waals surface area contributed by atoms with Gasteiger partial charge in [-0.25, -0.2) is 9.78 Å². The fourth-order valence-corrected chi connectivity index (χ4v) is 3.60. The average molecular weight is 364 g/mol. The minimum atomic E-state index is -0.269. The van der Waals surface area contributed by atoms with Crippen molar-refractivity contribution in [1.29, 1.82) is 0 Å². The molecular formula is C19H16N4O2S. The zero-order valence-electron chi connectivity index (χ0n) is 14.0. The van der Waals surface area contributed by atoms with Crippen LogP contribution in [0.4, 0.5) is 5.69 Å². The zero-order valence-corrected chi connectivity index (χ0v) is 14.8. The first-order valence-electron chi connectivity index (χ1n) is 8.10. The number of aromatic amines is 2. The third kappa shape index (κ3) is 3.43. The van der Waals surface area contributed by atoms with Gasteiger partial charge in [-0.2, -0.15) is 0 Å². The van der Waals surface area contributed by atoms with Crippen molar-refractivity contribution in [3.8, 4) is 10.6 Å². The van der Waals surface area contributed by atoms with Gasteiger partial charge >= 0.3 is 5.69 Å². The molecule has 0 saturated heterocycles. The van der Waals surface area contributed by atoms with Crippen LogP contribution < -0.4 is 11.0 Å². The monoisotopic (exact) mass is 364 g/mol. The van der Waals surface area contributed by atoms with E-state index < -0.39 is 0 Å². The Kier molecular flexibility index (Phi) is 4.14. The van der Waals surface area contributed by atoms with Crippen LogP contribution in [0.25, 0.3) is 21.6 Å². The summed E-state index contributed by atoms with van der Waals surface area (Å²) in [6.07, 6.45) is 0.198. The van der Waals surface area contributed by atoms with Gasteiger partial charge in [0.25, 0.3) is 0 Å². The summed E-state index contributed by atoms with van der Waals surface area (Å²) >= 11 is 1.53. The van der Waals surface area contributed by atoms with Crippen LogP contribution in [0.1, 0.15) is 11.3 Å². The molecule has 0 aliphatic heterocycles. The molecule has 4 rings (SSSR count). The van der Waals surface area contributed by atoms with Crippen molar-refractivity contribution in [3.05, 3.63) is 69.6 Å². The molecular weight excluding hydrogens is 348 g/mol.